The van der Waals surface area contributed by atoms with Gasteiger partial charge in [0.25, 0.3) is 5.91 Å². The van der Waals surface area contributed by atoms with Gasteiger partial charge >= 0.3 is 0 Å². The molecular weight excluding hydrogens is 370 g/mol. The van der Waals surface area contributed by atoms with Crippen LogP contribution >= 0.6 is 0 Å². The summed E-state index contributed by atoms with van der Waals surface area (Å²) in [7, 11) is 4.69. The second kappa shape index (κ2) is 7.71. The lowest BCUT2D eigenvalue weighted by Gasteiger charge is -2.26. The van der Waals surface area contributed by atoms with Gasteiger partial charge in [0.1, 0.15) is 12.0 Å². The van der Waals surface area contributed by atoms with E-state index in [1.165, 1.54) is 0 Å². The van der Waals surface area contributed by atoms with E-state index in [0.717, 1.165) is 11.3 Å². The maximum absolute atomic E-state index is 13.1. The van der Waals surface area contributed by atoms with E-state index in [0.29, 0.717) is 28.6 Å². The van der Waals surface area contributed by atoms with Gasteiger partial charge in [-0.15, -0.1) is 0 Å². The second-order valence-electron chi connectivity index (χ2n) is 6.41. The van der Waals surface area contributed by atoms with Gasteiger partial charge in [0.2, 0.25) is 5.75 Å². The lowest BCUT2D eigenvalue weighted by atomic mass is 10.1. The summed E-state index contributed by atoms with van der Waals surface area (Å²) in [5, 5.41) is 3.43. The number of methoxy groups -OCH3 is 3. The molecule has 7 nitrogen and oxygen atoms in total. The lowest BCUT2D eigenvalue weighted by molar-refractivity contribution is 0.0992. The molecule has 2 aromatic carbocycles. The fraction of sp³-hybridized carbons (Fsp3) is 0.182. The summed E-state index contributed by atoms with van der Waals surface area (Å²) < 4.78 is 16.3. The van der Waals surface area contributed by atoms with Gasteiger partial charge in [0.15, 0.2) is 11.5 Å². The summed E-state index contributed by atoms with van der Waals surface area (Å²) in [6, 6.07) is 16.6. The highest BCUT2D eigenvalue weighted by molar-refractivity contribution is 6.11. The van der Waals surface area contributed by atoms with Crippen LogP contribution in [-0.2, 0) is 0 Å². The molecular formula is C22H21N3O4. The summed E-state index contributed by atoms with van der Waals surface area (Å²) in [4.78, 5) is 19.1. The van der Waals surface area contributed by atoms with Gasteiger partial charge < -0.3 is 19.5 Å². The van der Waals surface area contributed by atoms with E-state index in [1.54, 1.807) is 32.4 Å². The zero-order chi connectivity index (χ0) is 20.4. The Bertz CT molecular complexity index is 1010. The number of aromatic nitrogens is 1. The van der Waals surface area contributed by atoms with Crippen molar-refractivity contribution in [2.45, 2.75) is 6.17 Å². The number of carbonyl (C=O) groups is 1. The molecule has 7 heteroatoms. The summed E-state index contributed by atoms with van der Waals surface area (Å²) in [6.07, 6.45) is 1.23. The van der Waals surface area contributed by atoms with Crippen molar-refractivity contribution < 1.29 is 19.0 Å². The van der Waals surface area contributed by atoms with Gasteiger partial charge in [0, 0.05) is 35.1 Å². The molecule has 0 unspecified atom stereocenters. The van der Waals surface area contributed by atoms with Crippen LogP contribution in [-0.4, -0.2) is 32.2 Å². The Kier molecular flexibility index (Phi) is 4.95. The van der Waals surface area contributed by atoms with Crippen molar-refractivity contribution in [3.05, 3.63) is 71.9 Å². The third kappa shape index (κ3) is 3.20. The molecule has 1 atom stereocenters. The zero-order valence-corrected chi connectivity index (χ0v) is 16.4. The quantitative estimate of drug-likeness (QED) is 0.688. The van der Waals surface area contributed by atoms with E-state index in [4.69, 9.17) is 14.2 Å². The van der Waals surface area contributed by atoms with Gasteiger partial charge in [-0.05, 0) is 18.2 Å². The van der Waals surface area contributed by atoms with Crippen LogP contribution in [0.15, 0.2) is 60.8 Å². The number of rotatable bonds is 6. The van der Waals surface area contributed by atoms with Gasteiger partial charge in [0.05, 0.1) is 21.3 Å². The normalized spacial score (nSPS) is 15.1. The van der Waals surface area contributed by atoms with Gasteiger partial charge in [-0.3, -0.25) is 9.69 Å². The molecule has 1 amide bonds. The molecule has 0 radical (unpaired) electrons. The molecule has 0 spiro atoms. The number of nitrogens with zero attached hydrogens (tertiary/aromatic N) is 2. The van der Waals surface area contributed by atoms with Crippen LogP contribution in [0.2, 0.25) is 0 Å². The molecule has 0 saturated carbocycles. The fourth-order valence-corrected chi connectivity index (χ4v) is 3.51. The molecule has 148 valence electrons. The molecule has 0 bridgehead atoms. The van der Waals surface area contributed by atoms with Crippen LogP contribution in [0.1, 0.15) is 22.1 Å². The highest BCUT2D eigenvalue weighted by atomic mass is 16.5. The Hall–Kier alpha value is -3.74. The molecule has 0 aliphatic carbocycles. The number of amides is 1. The summed E-state index contributed by atoms with van der Waals surface area (Å²) in [5.74, 6) is 2.01. The topological polar surface area (TPSA) is 72.9 Å². The Morgan fingerprint density at radius 3 is 2.24 bits per heavy atom. The van der Waals surface area contributed by atoms with Crippen molar-refractivity contribution in [3.8, 4) is 17.2 Å². The molecule has 1 aliphatic rings. The number of pyridine rings is 1. The first-order valence-electron chi connectivity index (χ1n) is 9.08. The smallest absolute Gasteiger partial charge is 0.261 e. The number of fused-ring (bicyclic) bond motifs is 1. The predicted molar refractivity (Wildman–Crippen MR) is 110 cm³/mol. The number of hydrogen-bond acceptors (Lipinski definition) is 6. The van der Waals surface area contributed by atoms with Crippen LogP contribution in [0.5, 0.6) is 17.2 Å². The van der Waals surface area contributed by atoms with Crippen molar-refractivity contribution in [1.82, 2.24) is 4.98 Å². The molecule has 1 aliphatic heterocycles. The molecule has 1 N–H and O–H groups in total. The van der Waals surface area contributed by atoms with Gasteiger partial charge in [-0.2, -0.15) is 0 Å². The molecule has 2 heterocycles. The van der Waals surface area contributed by atoms with Crippen molar-refractivity contribution >= 4 is 17.4 Å². The highest BCUT2D eigenvalue weighted by Crippen LogP contribution is 2.42. The zero-order valence-electron chi connectivity index (χ0n) is 16.4. The lowest BCUT2D eigenvalue weighted by Crippen LogP contribution is -2.32. The van der Waals surface area contributed by atoms with E-state index in [9.17, 15) is 4.79 Å². The summed E-state index contributed by atoms with van der Waals surface area (Å²) >= 11 is 0. The minimum Gasteiger partial charge on any atom is -0.493 e. The molecule has 4 rings (SSSR count). The third-order valence-electron chi connectivity index (χ3n) is 4.83. The van der Waals surface area contributed by atoms with Crippen LogP contribution in [0.25, 0.3) is 0 Å². The van der Waals surface area contributed by atoms with Crippen LogP contribution in [0.4, 0.5) is 11.5 Å². The number of nitrogens with one attached hydrogen (secondary N) is 1. The first-order valence-corrected chi connectivity index (χ1v) is 9.08. The maximum atomic E-state index is 13.1. The van der Waals surface area contributed by atoms with E-state index in [1.807, 2.05) is 54.6 Å². The van der Waals surface area contributed by atoms with Crippen LogP contribution < -0.4 is 24.4 Å². The van der Waals surface area contributed by atoms with Crippen molar-refractivity contribution in [1.29, 1.82) is 0 Å². The average Bonchev–Trinajstić information content (AvgIpc) is 3.05. The molecule has 29 heavy (non-hydrogen) atoms. The van der Waals surface area contributed by atoms with E-state index in [2.05, 4.69) is 10.3 Å². The number of hydrogen-bond donors (Lipinski definition) is 1. The molecule has 1 aromatic heterocycles. The average molecular weight is 391 g/mol. The Labute approximate surface area is 168 Å². The monoisotopic (exact) mass is 391 g/mol. The number of ether oxygens (including phenoxy) is 3. The van der Waals surface area contributed by atoms with E-state index in [-0.39, 0.29) is 5.91 Å². The predicted octanol–water partition coefficient (Wildman–Crippen LogP) is 3.88. The third-order valence-corrected chi connectivity index (χ3v) is 4.83. The first kappa shape index (κ1) is 18.6. The Balaban J connectivity index is 1.79. The van der Waals surface area contributed by atoms with E-state index >= 15 is 0 Å². The Morgan fingerprint density at radius 2 is 1.62 bits per heavy atom. The van der Waals surface area contributed by atoms with Crippen molar-refractivity contribution in [2.24, 2.45) is 0 Å². The van der Waals surface area contributed by atoms with Gasteiger partial charge in [-0.1, -0.05) is 24.3 Å². The second-order valence-corrected chi connectivity index (χ2v) is 6.41. The standard InChI is InChI=1S/C22H21N3O4/c1-27-17-12-14(13-18(28-2)20(17)29-3)24-21-15-8-4-5-9-16(15)22(26)25(21)19-10-6-7-11-23-19/h4-13,21,24H,1-3H3/t21-/m0/s1. The first-order chi connectivity index (χ1) is 14.2. The SMILES string of the molecule is COc1cc(N[C@@H]2c3ccccc3C(=O)N2c2ccccn2)cc(OC)c1OC. The van der Waals surface area contributed by atoms with E-state index < -0.39 is 6.17 Å². The highest BCUT2D eigenvalue weighted by Gasteiger charge is 2.38. The van der Waals surface area contributed by atoms with Crippen LogP contribution in [0.3, 0.4) is 0 Å². The summed E-state index contributed by atoms with van der Waals surface area (Å²) in [5.41, 5.74) is 2.23. The fourth-order valence-electron chi connectivity index (χ4n) is 3.51. The molecule has 3 aromatic rings. The molecule has 0 fully saturated rings. The summed E-state index contributed by atoms with van der Waals surface area (Å²) in [6.45, 7) is 0. The number of anilines is 2. The minimum absolute atomic E-state index is 0.107. The van der Waals surface area contributed by atoms with Crippen LogP contribution in [0, 0.1) is 0 Å². The maximum Gasteiger partial charge on any atom is 0.261 e. The van der Waals surface area contributed by atoms with Crippen molar-refractivity contribution in [3.63, 3.8) is 0 Å². The van der Waals surface area contributed by atoms with Gasteiger partial charge in [-0.25, -0.2) is 4.98 Å². The number of carbonyl (C=O) groups excluding carboxylic acids is 1. The minimum atomic E-state index is -0.434. The molecule has 0 saturated heterocycles. The number of benzene rings is 2. The van der Waals surface area contributed by atoms with Crippen molar-refractivity contribution in [2.75, 3.05) is 31.5 Å². The Morgan fingerprint density at radius 1 is 0.931 bits per heavy atom. The largest absolute Gasteiger partial charge is 0.493 e.